The van der Waals surface area contributed by atoms with Gasteiger partial charge in [0.2, 0.25) is 0 Å². The van der Waals surface area contributed by atoms with Crippen LogP contribution in [0, 0.1) is 0 Å². The number of aromatic nitrogens is 1. The molecule has 24 heavy (non-hydrogen) atoms. The molecule has 2 heterocycles. The number of carbonyl (C=O) groups is 2. The zero-order chi connectivity index (χ0) is 16.9. The monoisotopic (exact) mass is 389 g/mol. The van der Waals surface area contributed by atoms with Crippen LogP contribution in [0.25, 0.3) is 0 Å². The largest absolute Gasteiger partial charge is 0.368 e. The van der Waals surface area contributed by atoms with Crippen LogP contribution in [0.5, 0.6) is 0 Å². The molecule has 1 saturated heterocycles. The highest BCUT2D eigenvalue weighted by atomic mass is 79.9. The molecule has 0 aliphatic carbocycles. The first-order valence-corrected chi connectivity index (χ1v) is 8.36. The van der Waals surface area contributed by atoms with Gasteiger partial charge in [0.05, 0.1) is 0 Å². The lowest BCUT2D eigenvalue weighted by Gasteiger charge is -2.11. The second-order valence-corrected chi connectivity index (χ2v) is 6.30. The third kappa shape index (κ3) is 4.18. The van der Waals surface area contributed by atoms with Crippen molar-refractivity contribution in [2.75, 3.05) is 17.2 Å². The van der Waals surface area contributed by atoms with Crippen LogP contribution in [-0.2, 0) is 9.53 Å². The van der Waals surface area contributed by atoms with Crippen LogP contribution < -0.4 is 10.6 Å². The minimum atomic E-state index is -0.408. The van der Waals surface area contributed by atoms with Crippen LogP contribution in [0.4, 0.5) is 11.5 Å². The quantitative estimate of drug-likeness (QED) is 0.840. The van der Waals surface area contributed by atoms with Gasteiger partial charge in [0.25, 0.3) is 11.8 Å². The highest BCUT2D eigenvalue weighted by Gasteiger charge is 2.23. The number of nitrogens with one attached hydrogen (secondary N) is 2. The molecule has 124 valence electrons. The summed E-state index contributed by atoms with van der Waals surface area (Å²) >= 11 is 3.29. The lowest BCUT2D eigenvalue weighted by atomic mass is 10.1. The van der Waals surface area contributed by atoms with Crippen molar-refractivity contribution in [2.45, 2.75) is 18.9 Å². The van der Waals surface area contributed by atoms with Crippen molar-refractivity contribution in [1.29, 1.82) is 0 Å². The van der Waals surface area contributed by atoms with Gasteiger partial charge in [-0.05, 0) is 59.1 Å². The summed E-state index contributed by atoms with van der Waals surface area (Å²) in [5, 5.41) is 5.50. The van der Waals surface area contributed by atoms with E-state index in [0.717, 1.165) is 17.3 Å². The molecule has 0 spiro atoms. The smallest absolute Gasteiger partial charge is 0.256 e. The Bertz CT molecular complexity index is 743. The van der Waals surface area contributed by atoms with Crippen molar-refractivity contribution in [3.05, 3.63) is 52.6 Å². The number of pyridine rings is 1. The molecule has 0 radical (unpaired) electrons. The molecular weight excluding hydrogens is 374 g/mol. The van der Waals surface area contributed by atoms with Crippen molar-refractivity contribution in [3.63, 3.8) is 0 Å². The minimum Gasteiger partial charge on any atom is -0.368 e. The van der Waals surface area contributed by atoms with Gasteiger partial charge in [0, 0.05) is 28.5 Å². The summed E-state index contributed by atoms with van der Waals surface area (Å²) in [6.45, 7) is 0.612. The van der Waals surface area contributed by atoms with Crippen molar-refractivity contribution >= 4 is 39.2 Å². The SMILES string of the molecule is O=C(Nc1ccc(Br)cn1)c1cccc(NC(=O)C2CCCO2)c1. The van der Waals surface area contributed by atoms with Crippen LogP contribution in [0.15, 0.2) is 47.1 Å². The van der Waals surface area contributed by atoms with Crippen LogP contribution in [0.3, 0.4) is 0 Å². The molecule has 2 N–H and O–H groups in total. The highest BCUT2D eigenvalue weighted by molar-refractivity contribution is 9.10. The van der Waals surface area contributed by atoms with Gasteiger partial charge >= 0.3 is 0 Å². The normalized spacial score (nSPS) is 16.6. The zero-order valence-electron chi connectivity index (χ0n) is 12.8. The third-order valence-electron chi connectivity index (χ3n) is 3.58. The summed E-state index contributed by atoms with van der Waals surface area (Å²) in [6.07, 6.45) is 2.81. The van der Waals surface area contributed by atoms with Gasteiger partial charge in [-0.2, -0.15) is 0 Å². The Kier molecular flexibility index (Phi) is 5.22. The maximum atomic E-state index is 12.3. The number of benzene rings is 1. The molecule has 2 aromatic rings. The Morgan fingerprint density at radius 2 is 2.08 bits per heavy atom. The average Bonchev–Trinajstić information content (AvgIpc) is 3.12. The van der Waals surface area contributed by atoms with E-state index < -0.39 is 6.10 Å². The summed E-state index contributed by atoms with van der Waals surface area (Å²) in [5.41, 5.74) is 0.997. The van der Waals surface area contributed by atoms with Gasteiger partial charge in [0.1, 0.15) is 11.9 Å². The number of amides is 2. The lowest BCUT2D eigenvalue weighted by Crippen LogP contribution is -2.27. The van der Waals surface area contributed by atoms with Crippen LogP contribution in [-0.4, -0.2) is 29.5 Å². The Morgan fingerprint density at radius 1 is 1.21 bits per heavy atom. The van der Waals surface area contributed by atoms with E-state index in [4.69, 9.17) is 4.74 Å². The van der Waals surface area contributed by atoms with Crippen LogP contribution in [0.2, 0.25) is 0 Å². The van der Waals surface area contributed by atoms with Crippen LogP contribution in [0.1, 0.15) is 23.2 Å². The topological polar surface area (TPSA) is 80.3 Å². The Morgan fingerprint density at radius 3 is 2.79 bits per heavy atom. The first-order valence-electron chi connectivity index (χ1n) is 7.57. The van der Waals surface area contributed by atoms with E-state index in [-0.39, 0.29) is 11.8 Å². The predicted octanol–water partition coefficient (Wildman–Crippen LogP) is 3.21. The summed E-state index contributed by atoms with van der Waals surface area (Å²) in [5.74, 6) is -0.0188. The molecule has 7 heteroatoms. The fraction of sp³-hybridized carbons (Fsp3) is 0.235. The second kappa shape index (κ2) is 7.55. The fourth-order valence-electron chi connectivity index (χ4n) is 2.38. The molecular formula is C17H16BrN3O3. The molecule has 3 rings (SSSR count). The van der Waals surface area contributed by atoms with E-state index in [9.17, 15) is 9.59 Å². The number of hydrogen-bond donors (Lipinski definition) is 2. The Balaban J connectivity index is 1.66. The number of ether oxygens (including phenoxy) is 1. The molecule has 0 bridgehead atoms. The van der Waals surface area contributed by atoms with E-state index >= 15 is 0 Å². The summed E-state index contributed by atoms with van der Waals surface area (Å²) in [6, 6.07) is 10.2. The van der Waals surface area contributed by atoms with Gasteiger partial charge < -0.3 is 15.4 Å². The van der Waals surface area contributed by atoms with E-state index in [1.165, 1.54) is 0 Å². The lowest BCUT2D eigenvalue weighted by molar-refractivity contribution is -0.124. The maximum Gasteiger partial charge on any atom is 0.256 e. The number of halogens is 1. The Hall–Kier alpha value is -2.25. The van der Waals surface area contributed by atoms with Gasteiger partial charge in [-0.3, -0.25) is 9.59 Å². The zero-order valence-corrected chi connectivity index (χ0v) is 14.4. The van der Waals surface area contributed by atoms with E-state index in [0.29, 0.717) is 23.7 Å². The average molecular weight is 390 g/mol. The molecule has 6 nitrogen and oxygen atoms in total. The predicted molar refractivity (Wildman–Crippen MR) is 93.9 cm³/mol. The molecule has 2 amide bonds. The fourth-order valence-corrected chi connectivity index (χ4v) is 2.62. The molecule has 1 aromatic heterocycles. The molecule has 1 aromatic carbocycles. The molecule has 1 aliphatic heterocycles. The highest BCUT2D eigenvalue weighted by Crippen LogP contribution is 2.17. The number of nitrogens with zero attached hydrogens (tertiary/aromatic N) is 1. The number of hydrogen-bond acceptors (Lipinski definition) is 4. The summed E-state index contributed by atoms with van der Waals surface area (Å²) < 4.78 is 6.18. The van der Waals surface area contributed by atoms with Gasteiger partial charge in [0.15, 0.2) is 0 Å². The number of rotatable bonds is 4. The molecule has 1 atom stereocenters. The van der Waals surface area contributed by atoms with E-state index in [1.807, 2.05) is 0 Å². The summed E-state index contributed by atoms with van der Waals surface area (Å²) in [4.78, 5) is 28.5. The van der Waals surface area contributed by atoms with E-state index in [1.54, 1.807) is 42.6 Å². The maximum absolute atomic E-state index is 12.3. The number of anilines is 2. The first-order chi connectivity index (χ1) is 11.6. The molecule has 1 aliphatic rings. The van der Waals surface area contributed by atoms with Gasteiger partial charge in [-0.25, -0.2) is 4.98 Å². The van der Waals surface area contributed by atoms with Gasteiger partial charge in [-0.15, -0.1) is 0 Å². The second-order valence-electron chi connectivity index (χ2n) is 5.39. The van der Waals surface area contributed by atoms with Crippen molar-refractivity contribution in [1.82, 2.24) is 4.98 Å². The van der Waals surface area contributed by atoms with Crippen molar-refractivity contribution < 1.29 is 14.3 Å². The molecule has 1 unspecified atom stereocenters. The molecule has 0 saturated carbocycles. The molecule has 1 fully saturated rings. The summed E-state index contributed by atoms with van der Waals surface area (Å²) in [7, 11) is 0. The van der Waals surface area contributed by atoms with Crippen molar-refractivity contribution in [2.24, 2.45) is 0 Å². The van der Waals surface area contributed by atoms with Crippen molar-refractivity contribution in [3.8, 4) is 0 Å². The Labute approximate surface area is 147 Å². The van der Waals surface area contributed by atoms with E-state index in [2.05, 4.69) is 31.5 Å². The van der Waals surface area contributed by atoms with Crippen LogP contribution >= 0.6 is 15.9 Å². The van der Waals surface area contributed by atoms with Gasteiger partial charge in [-0.1, -0.05) is 6.07 Å². The first kappa shape index (κ1) is 16.6. The standard InChI is InChI=1S/C17H16BrN3O3/c18-12-6-7-15(19-10-12)21-16(22)11-3-1-4-13(9-11)20-17(23)14-5-2-8-24-14/h1,3-4,6-7,9-10,14H,2,5,8H2,(H,20,23)(H,19,21,22). The third-order valence-corrected chi connectivity index (χ3v) is 4.05. The minimum absolute atomic E-state index is 0.181. The number of carbonyl (C=O) groups excluding carboxylic acids is 2.